The minimum Gasteiger partial charge on any atom is -0.316 e. The van der Waals surface area contributed by atoms with Crippen molar-refractivity contribution in [2.45, 2.75) is 13.8 Å². The fourth-order valence-electron chi connectivity index (χ4n) is 3.32. The number of sulfonamides is 1. The molecule has 1 N–H and O–H groups in total. The highest BCUT2D eigenvalue weighted by molar-refractivity contribution is 7.92. The lowest BCUT2D eigenvalue weighted by Crippen LogP contribution is -2.39. The molecule has 0 atom stereocenters. The third-order valence-corrected chi connectivity index (χ3v) is 6.49. The Morgan fingerprint density at radius 1 is 1.18 bits per heavy atom. The van der Waals surface area contributed by atoms with Crippen LogP contribution in [0.1, 0.15) is 17.0 Å². The van der Waals surface area contributed by atoms with Gasteiger partial charge < -0.3 is 4.57 Å². The number of carbonyl (C=O) groups excluding carboxylic acids is 1. The molecule has 0 saturated carbocycles. The monoisotopic (exact) mass is 510 g/mol. The number of nitrogens with zero attached hydrogens (tertiary/aromatic N) is 3. The fraction of sp³-hybridized carbons (Fsp3) is 0.182. The highest BCUT2D eigenvalue weighted by Gasteiger charge is 2.21. The molecule has 3 aromatic rings. The van der Waals surface area contributed by atoms with Crippen LogP contribution in [0.3, 0.4) is 0 Å². The van der Waals surface area contributed by atoms with Crippen LogP contribution in [0.15, 0.2) is 53.6 Å². The summed E-state index contributed by atoms with van der Waals surface area (Å²) in [5.74, 6) is -1.30. The molecular formula is C22H21Cl2FN4O3S. The average molecular weight is 511 g/mol. The van der Waals surface area contributed by atoms with Crippen LogP contribution in [-0.4, -0.2) is 37.9 Å². The van der Waals surface area contributed by atoms with Crippen molar-refractivity contribution in [3.05, 3.63) is 81.3 Å². The molecule has 0 fully saturated rings. The van der Waals surface area contributed by atoms with Crippen LogP contribution in [0.25, 0.3) is 5.69 Å². The molecule has 0 saturated heterocycles. The number of amides is 1. The highest BCUT2D eigenvalue weighted by atomic mass is 35.5. The molecule has 1 heterocycles. The van der Waals surface area contributed by atoms with Gasteiger partial charge >= 0.3 is 0 Å². The maximum atomic E-state index is 13.5. The molecular weight excluding hydrogens is 490 g/mol. The van der Waals surface area contributed by atoms with Gasteiger partial charge in [-0.1, -0.05) is 29.3 Å². The van der Waals surface area contributed by atoms with Crippen molar-refractivity contribution in [2.24, 2.45) is 5.10 Å². The zero-order chi connectivity index (χ0) is 24.3. The number of hydrazone groups is 1. The normalized spacial score (nSPS) is 11.7. The fourth-order valence-corrected chi connectivity index (χ4v) is 4.53. The number of carbonyl (C=O) groups is 1. The summed E-state index contributed by atoms with van der Waals surface area (Å²) in [6.45, 7) is 3.20. The highest BCUT2D eigenvalue weighted by Crippen LogP contribution is 2.28. The number of aromatic nitrogens is 1. The summed E-state index contributed by atoms with van der Waals surface area (Å²) in [4.78, 5) is 12.3. The molecule has 11 heteroatoms. The van der Waals surface area contributed by atoms with E-state index in [0.29, 0.717) is 21.3 Å². The molecule has 2 aromatic carbocycles. The van der Waals surface area contributed by atoms with Crippen molar-refractivity contribution >= 4 is 51.0 Å². The van der Waals surface area contributed by atoms with Gasteiger partial charge in [0.05, 0.1) is 28.9 Å². The van der Waals surface area contributed by atoms with E-state index in [9.17, 15) is 17.6 Å². The summed E-state index contributed by atoms with van der Waals surface area (Å²) < 4.78 is 40.4. The molecule has 0 bridgehead atoms. The lowest BCUT2D eigenvalue weighted by molar-refractivity contribution is -0.119. The van der Waals surface area contributed by atoms with Crippen molar-refractivity contribution in [1.29, 1.82) is 0 Å². The molecule has 1 aromatic heterocycles. The van der Waals surface area contributed by atoms with Gasteiger partial charge in [0, 0.05) is 22.0 Å². The first-order valence-corrected chi connectivity index (χ1v) is 12.3. The molecule has 0 unspecified atom stereocenters. The smallest absolute Gasteiger partial charge is 0.260 e. The number of aryl methyl sites for hydroxylation is 1. The van der Waals surface area contributed by atoms with E-state index in [4.69, 9.17) is 23.2 Å². The van der Waals surface area contributed by atoms with Crippen molar-refractivity contribution in [3.8, 4) is 5.69 Å². The summed E-state index contributed by atoms with van der Waals surface area (Å²) in [6, 6.07) is 12.0. The number of anilines is 1. The zero-order valence-electron chi connectivity index (χ0n) is 18.0. The Balaban J connectivity index is 1.77. The van der Waals surface area contributed by atoms with E-state index in [-0.39, 0.29) is 5.69 Å². The third kappa shape index (κ3) is 5.93. The lowest BCUT2D eigenvalue weighted by Gasteiger charge is -2.21. The van der Waals surface area contributed by atoms with Gasteiger partial charge in [0.1, 0.15) is 12.4 Å². The molecule has 0 radical (unpaired) electrons. The number of halogens is 3. The topological polar surface area (TPSA) is 83.8 Å². The number of hydrogen-bond acceptors (Lipinski definition) is 4. The SMILES string of the molecule is Cc1cc(/C=N\NC(=O)CN(c2cccc(F)c2)S(C)(=O)=O)c(C)n1-c1cc(Cl)ccc1Cl. The van der Waals surface area contributed by atoms with Crippen LogP contribution >= 0.6 is 23.2 Å². The minimum atomic E-state index is -3.83. The first-order valence-electron chi connectivity index (χ1n) is 9.67. The molecule has 1 amide bonds. The van der Waals surface area contributed by atoms with Crippen LogP contribution in [0.4, 0.5) is 10.1 Å². The Morgan fingerprint density at radius 2 is 1.91 bits per heavy atom. The number of rotatable bonds is 7. The predicted molar refractivity (Wildman–Crippen MR) is 130 cm³/mol. The van der Waals surface area contributed by atoms with Crippen LogP contribution in [-0.2, 0) is 14.8 Å². The number of hydrogen-bond donors (Lipinski definition) is 1. The van der Waals surface area contributed by atoms with Crippen LogP contribution < -0.4 is 9.73 Å². The quantitative estimate of drug-likeness (QED) is 0.376. The summed E-state index contributed by atoms with van der Waals surface area (Å²) in [7, 11) is -3.83. The molecule has 0 aliphatic rings. The Morgan fingerprint density at radius 3 is 2.58 bits per heavy atom. The Labute approximate surface area is 201 Å². The van der Waals surface area contributed by atoms with Gasteiger partial charge in [-0.05, 0) is 56.3 Å². The second-order valence-corrected chi connectivity index (χ2v) is 10.1. The van der Waals surface area contributed by atoms with E-state index in [1.54, 1.807) is 18.2 Å². The van der Waals surface area contributed by atoms with Crippen molar-refractivity contribution in [2.75, 3.05) is 17.1 Å². The minimum absolute atomic E-state index is 0.0403. The van der Waals surface area contributed by atoms with Crippen LogP contribution in [0, 0.1) is 19.7 Å². The van der Waals surface area contributed by atoms with Crippen LogP contribution in [0.2, 0.25) is 10.0 Å². The van der Waals surface area contributed by atoms with Gasteiger partial charge in [-0.3, -0.25) is 9.10 Å². The number of nitrogens with one attached hydrogen (secondary N) is 1. The van der Waals surface area contributed by atoms with Crippen molar-refractivity contribution in [1.82, 2.24) is 9.99 Å². The van der Waals surface area contributed by atoms with E-state index in [0.717, 1.165) is 28.0 Å². The van der Waals surface area contributed by atoms with Crippen molar-refractivity contribution in [3.63, 3.8) is 0 Å². The Bertz CT molecular complexity index is 1340. The van der Waals surface area contributed by atoms with Gasteiger partial charge in [-0.15, -0.1) is 0 Å². The van der Waals surface area contributed by atoms with Crippen molar-refractivity contribution < 1.29 is 17.6 Å². The lowest BCUT2D eigenvalue weighted by atomic mass is 10.2. The molecule has 33 heavy (non-hydrogen) atoms. The molecule has 7 nitrogen and oxygen atoms in total. The van der Waals surface area contributed by atoms with Gasteiger partial charge in [-0.25, -0.2) is 18.2 Å². The largest absolute Gasteiger partial charge is 0.316 e. The molecule has 0 aliphatic heterocycles. The molecule has 3 rings (SSSR count). The van der Waals surface area contributed by atoms with Gasteiger partial charge in [0.25, 0.3) is 5.91 Å². The Kier molecular flexibility index (Phi) is 7.46. The third-order valence-electron chi connectivity index (χ3n) is 4.80. The molecule has 174 valence electrons. The molecule has 0 aliphatic carbocycles. The summed E-state index contributed by atoms with van der Waals surface area (Å²) >= 11 is 12.4. The maximum absolute atomic E-state index is 13.5. The predicted octanol–water partition coefficient (Wildman–Crippen LogP) is 4.46. The van der Waals surface area contributed by atoms with E-state index >= 15 is 0 Å². The first kappa shape index (κ1) is 24.8. The van der Waals surface area contributed by atoms with Gasteiger partial charge in [0.2, 0.25) is 10.0 Å². The summed E-state index contributed by atoms with van der Waals surface area (Å²) in [6.07, 6.45) is 2.38. The maximum Gasteiger partial charge on any atom is 0.260 e. The second kappa shape index (κ2) is 9.94. The number of benzene rings is 2. The first-order chi connectivity index (χ1) is 15.5. The van der Waals surface area contributed by atoms with Gasteiger partial charge in [0.15, 0.2) is 0 Å². The molecule has 0 spiro atoms. The second-order valence-electron chi connectivity index (χ2n) is 7.30. The Hall–Kier alpha value is -2.88. The summed E-state index contributed by atoms with van der Waals surface area (Å²) in [5.41, 5.74) is 5.46. The van der Waals surface area contributed by atoms with Gasteiger partial charge in [-0.2, -0.15) is 5.10 Å². The average Bonchev–Trinajstić information content (AvgIpc) is 3.00. The standard InChI is InChI=1S/C22H21Cl2FN4O3S/c1-14-9-16(15(2)29(14)21-10-17(23)7-8-20(21)24)12-26-27-22(30)13-28(33(3,31)32)19-6-4-5-18(25)11-19/h4-12H,13H2,1-3H3,(H,27,30)/b26-12-. The zero-order valence-corrected chi connectivity index (χ0v) is 20.3. The summed E-state index contributed by atoms with van der Waals surface area (Å²) in [5, 5.41) is 5.01. The van der Waals surface area contributed by atoms with E-state index in [1.165, 1.54) is 24.4 Å². The van der Waals surface area contributed by atoms with Crippen LogP contribution in [0.5, 0.6) is 0 Å². The van der Waals surface area contributed by atoms with E-state index in [2.05, 4.69) is 10.5 Å². The van der Waals surface area contributed by atoms with E-state index in [1.807, 2.05) is 24.5 Å². The van der Waals surface area contributed by atoms with E-state index < -0.39 is 28.3 Å².